The molecule has 0 aromatic heterocycles. The Morgan fingerprint density at radius 3 is 2.62 bits per heavy atom. The second-order valence-corrected chi connectivity index (χ2v) is 1.58. The predicted octanol–water partition coefficient (Wildman–Crippen LogP) is -0.247. The van der Waals surface area contributed by atoms with Crippen LogP contribution in [-0.4, -0.2) is 22.9 Å². The summed E-state index contributed by atoms with van der Waals surface area (Å²) in [5.74, 6) is 2.36. The van der Waals surface area contributed by atoms with Crippen molar-refractivity contribution < 1.29 is 10.2 Å². The summed E-state index contributed by atoms with van der Waals surface area (Å²) < 4.78 is 0. The SMILES string of the molecule is C#CCCC(O)CO. The summed E-state index contributed by atoms with van der Waals surface area (Å²) in [7, 11) is 0. The van der Waals surface area contributed by atoms with Crippen LogP contribution in [0.5, 0.6) is 0 Å². The van der Waals surface area contributed by atoms with Crippen LogP contribution < -0.4 is 0 Å². The normalized spacial score (nSPS) is 12.6. The topological polar surface area (TPSA) is 40.5 Å². The third-order valence-corrected chi connectivity index (χ3v) is 0.833. The van der Waals surface area contributed by atoms with E-state index in [1.165, 1.54) is 0 Å². The summed E-state index contributed by atoms with van der Waals surface area (Å²) in [6.45, 7) is -0.193. The van der Waals surface area contributed by atoms with Gasteiger partial charge < -0.3 is 10.2 Å². The van der Waals surface area contributed by atoms with Gasteiger partial charge in [-0.25, -0.2) is 0 Å². The van der Waals surface area contributed by atoms with Crippen molar-refractivity contribution in [2.24, 2.45) is 0 Å². The number of hydrogen-bond donors (Lipinski definition) is 2. The van der Waals surface area contributed by atoms with Crippen molar-refractivity contribution in [3.8, 4) is 12.3 Å². The largest absolute Gasteiger partial charge is 0.394 e. The minimum atomic E-state index is -0.633. The quantitative estimate of drug-likeness (QED) is 0.497. The summed E-state index contributed by atoms with van der Waals surface area (Å²) in [5, 5.41) is 16.9. The number of aliphatic hydroxyl groups is 2. The van der Waals surface area contributed by atoms with Gasteiger partial charge in [-0.15, -0.1) is 12.3 Å². The van der Waals surface area contributed by atoms with Crippen LogP contribution in [0.1, 0.15) is 12.8 Å². The first-order chi connectivity index (χ1) is 3.81. The van der Waals surface area contributed by atoms with Crippen LogP contribution in [0.2, 0.25) is 0 Å². The van der Waals surface area contributed by atoms with Gasteiger partial charge in [0.25, 0.3) is 0 Å². The Morgan fingerprint density at radius 2 is 2.25 bits per heavy atom. The Morgan fingerprint density at radius 1 is 1.62 bits per heavy atom. The number of hydrogen-bond acceptors (Lipinski definition) is 2. The highest BCUT2D eigenvalue weighted by Gasteiger charge is 1.97. The minimum Gasteiger partial charge on any atom is -0.394 e. The predicted molar refractivity (Wildman–Crippen MR) is 31.2 cm³/mol. The van der Waals surface area contributed by atoms with Crippen LogP contribution in [0.15, 0.2) is 0 Å². The number of aliphatic hydroxyl groups excluding tert-OH is 2. The second-order valence-electron chi connectivity index (χ2n) is 1.58. The van der Waals surface area contributed by atoms with Crippen molar-refractivity contribution in [3.05, 3.63) is 0 Å². The van der Waals surface area contributed by atoms with E-state index < -0.39 is 6.10 Å². The Labute approximate surface area is 49.2 Å². The van der Waals surface area contributed by atoms with Gasteiger partial charge in [0, 0.05) is 6.42 Å². The number of rotatable bonds is 3. The molecule has 0 spiro atoms. The molecule has 0 aliphatic rings. The van der Waals surface area contributed by atoms with Crippen molar-refractivity contribution in [1.29, 1.82) is 0 Å². The summed E-state index contributed by atoms with van der Waals surface area (Å²) in [4.78, 5) is 0. The molecule has 0 rings (SSSR count). The molecule has 0 saturated heterocycles. The van der Waals surface area contributed by atoms with Gasteiger partial charge in [0.2, 0.25) is 0 Å². The Bertz CT molecular complexity index is 83.0. The van der Waals surface area contributed by atoms with E-state index in [0.717, 1.165) is 0 Å². The highest BCUT2D eigenvalue weighted by atomic mass is 16.3. The van der Waals surface area contributed by atoms with E-state index in [0.29, 0.717) is 12.8 Å². The van der Waals surface area contributed by atoms with Crippen molar-refractivity contribution in [2.45, 2.75) is 18.9 Å². The van der Waals surface area contributed by atoms with Crippen molar-refractivity contribution in [3.63, 3.8) is 0 Å². The molecule has 2 nitrogen and oxygen atoms in total. The molecule has 1 atom stereocenters. The average molecular weight is 114 g/mol. The lowest BCUT2D eigenvalue weighted by Crippen LogP contribution is -2.10. The molecule has 8 heavy (non-hydrogen) atoms. The number of terminal acetylenes is 1. The van der Waals surface area contributed by atoms with Crippen LogP contribution in [0.4, 0.5) is 0 Å². The fraction of sp³-hybridized carbons (Fsp3) is 0.667. The minimum absolute atomic E-state index is 0.193. The van der Waals surface area contributed by atoms with Crippen molar-refractivity contribution >= 4 is 0 Å². The van der Waals surface area contributed by atoms with E-state index >= 15 is 0 Å². The van der Waals surface area contributed by atoms with Gasteiger partial charge in [-0.05, 0) is 6.42 Å². The lowest BCUT2D eigenvalue weighted by molar-refractivity contribution is 0.0896. The van der Waals surface area contributed by atoms with E-state index in [9.17, 15) is 0 Å². The van der Waals surface area contributed by atoms with Gasteiger partial charge in [-0.2, -0.15) is 0 Å². The maximum atomic E-state index is 8.64. The standard InChI is InChI=1S/C6H10O2/c1-2-3-4-6(8)5-7/h1,6-8H,3-5H2. The van der Waals surface area contributed by atoms with Crippen molar-refractivity contribution in [1.82, 2.24) is 0 Å². The Kier molecular flexibility index (Phi) is 4.33. The van der Waals surface area contributed by atoms with Gasteiger partial charge in [0.05, 0.1) is 12.7 Å². The van der Waals surface area contributed by atoms with Gasteiger partial charge in [0.15, 0.2) is 0 Å². The summed E-state index contributed by atoms with van der Waals surface area (Å²) in [6.07, 6.45) is 5.28. The molecular weight excluding hydrogens is 104 g/mol. The summed E-state index contributed by atoms with van der Waals surface area (Å²) in [5.41, 5.74) is 0. The van der Waals surface area contributed by atoms with Gasteiger partial charge in [-0.3, -0.25) is 0 Å². The van der Waals surface area contributed by atoms with E-state index in [-0.39, 0.29) is 6.61 Å². The molecule has 46 valence electrons. The zero-order valence-corrected chi connectivity index (χ0v) is 4.67. The second kappa shape index (κ2) is 4.63. The Balaban J connectivity index is 3.01. The molecule has 2 N–H and O–H groups in total. The molecule has 0 heterocycles. The van der Waals surface area contributed by atoms with Crippen molar-refractivity contribution in [2.75, 3.05) is 6.61 Å². The zero-order chi connectivity index (χ0) is 6.41. The fourth-order valence-electron chi connectivity index (χ4n) is 0.341. The first-order valence-electron chi connectivity index (χ1n) is 2.53. The highest BCUT2D eigenvalue weighted by Crippen LogP contribution is 1.92. The van der Waals surface area contributed by atoms with E-state index in [1.54, 1.807) is 0 Å². The molecule has 1 unspecified atom stereocenters. The lowest BCUT2D eigenvalue weighted by Gasteiger charge is -2.00. The maximum absolute atomic E-state index is 8.64. The molecule has 0 fully saturated rings. The van der Waals surface area contributed by atoms with E-state index in [1.807, 2.05) is 0 Å². The smallest absolute Gasteiger partial charge is 0.0780 e. The summed E-state index contributed by atoms with van der Waals surface area (Å²) in [6, 6.07) is 0. The summed E-state index contributed by atoms with van der Waals surface area (Å²) >= 11 is 0. The molecule has 0 aromatic rings. The van der Waals surface area contributed by atoms with Crippen LogP contribution in [0.3, 0.4) is 0 Å². The van der Waals surface area contributed by atoms with E-state index in [4.69, 9.17) is 16.6 Å². The molecular formula is C6H10O2. The molecule has 0 aromatic carbocycles. The monoisotopic (exact) mass is 114 g/mol. The highest BCUT2D eigenvalue weighted by molar-refractivity contribution is 4.83. The third kappa shape index (κ3) is 3.66. The van der Waals surface area contributed by atoms with Gasteiger partial charge in [0.1, 0.15) is 0 Å². The Hall–Kier alpha value is -0.520. The average Bonchev–Trinajstić information content (AvgIpc) is 1.83. The zero-order valence-electron chi connectivity index (χ0n) is 4.67. The molecule has 0 amide bonds. The van der Waals surface area contributed by atoms with Crippen LogP contribution >= 0.6 is 0 Å². The third-order valence-electron chi connectivity index (χ3n) is 0.833. The first-order valence-corrected chi connectivity index (χ1v) is 2.53. The molecule has 0 radical (unpaired) electrons. The van der Waals surface area contributed by atoms with Crippen LogP contribution in [0.25, 0.3) is 0 Å². The van der Waals surface area contributed by atoms with Gasteiger partial charge in [-0.1, -0.05) is 0 Å². The molecule has 0 saturated carbocycles. The van der Waals surface area contributed by atoms with E-state index in [2.05, 4.69) is 5.92 Å². The van der Waals surface area contributed by atoms with Gasteiger partial charge >= 0.3 is 0 Å². The lowest BCUT2D eigenvalue weighted by atomic mass is 10.2. The molecule has 0 bridgehead atoms. The van der Waals surface area contributed by atoms with Crippen LogP contribution in [-0.2, 0) is 0 Å². The van der Waals surface area contributed by atoms with Crippen LogP contribution in [0, 0.1) is 12.3 Å². The maximum Gasteiger partial charge on any atom is 0.0780 e. The molecule has 2 heteroatoms. The molecule has 0 aliphatic carbocycles. The molecule has 0 aliphatic heterocycles. The first kappa shape index (κ1) is 7.48. The fourth-order valence-corrected chi connectivity index (χ4v) is 0.341.